The molecule has 0 heterocycles. The second-order valence-corrected chi connectivity index (χ2v) is 5.90. The van der Waals surface area contributed by atoms with Gasteiger partial charge in [0.1, 0.15) is 6.10 Å². The summed E-state index contributed by atoms with van der Waals surface area (Å²) in [5, 5.41) is 12.3. The number of hydrogen-bond donors (Lipinski definition) is 2. The van der Waals surface area contributed by atoms with Crippen molar-refractivity contribution < 1.29 is 14.7 Å². The van der Waals surface area contributed by atoms with Gasteiger partial charge in [0.25, 0.3) is 5.91 Å². The SMILES string of the molecule is CSCC[C@H](O)C(=O)NCc1ccc(C(=O)N(C)C)cc1. The summed E-state index contributed by atoms with van der Waals surface area (Å²) in [5.41, 5.74) is 1.49. The Morgan fingerprint density at radius 1 is 1.29 bits per heavy atom. The quantitative estimate of drug-likeness (QED) is 0.792. The predicted molar refractivity (Wildman–Crippen MR) is 85.3 cm³/mol. The van der Waals surface area contributed by atoms with Crippen molar-refractivity contribution in [2.75, 3.05) is 26.1 Å². The highest BCUT2D eigenvalue weighted by Gasteiger charge is 2.14. The molecule has 0 radical (unpaired) electrons. The molecule has 2 amide bonds. The van der Waals surface area contributed by atoms with Crippen LogP contribution in [0.2, 0.25) is 0 Å². The van der Waals surface area contributed by atoms with Crippen molar-refractivity contribution in [2.45, 2.75) is 19.1 Å². The summed E-state index contributed by atoms with van der Waals surface area (Å²) in [4.78, 5) is 24.9. The van der Waals surface area contributed by atoms with Crippen LogP contribution in [-0.4, -0.2) is 54.0 Å². The van der Waals surface area contributed by atoms with E-state index in [-0.39, 0.29) is 11.8 Å². The summed E-state index contributed by atoms with van der Waals surface area (Å²) >= 11 is 1.59. The highest BCUT2D eigenvalue weighted by molar-refractivity contribution is 7.98. The summed E-state index contributed by atoms with van der Waals surface area (Å²) in [7, 11) is 3.40. The van der Waals surface area contributed by atoms with E-state index in [1.54, 1.807) is 50.1 Å². The molecule has 0 aromatic heterocycles. The van der Waals surface area contributed by atoms with Crippen LogP contribution in [0.3, 0.4) is 0 Å². The average Bonchev–Trinajstić information content (AvgIpc) is 2.49. The lowest BCUT2D eigenvalue weighted by molar-refractivity contribution is -0.129. The lowest BCUT2D eigenvalue weighted by atomic mass is 10.1. The number of hydrogen-bond acceptors (Lipinski definition) is 4. The Hall–Kier alpha value is -1.53. The first-order chi connectivity index (χ1) is 9.95. The molecule has 0 saturated heterocycles. The molecule has 0 fully saturated rings. The van der Waals surface area contributed by atoms with Gasteiger partial charge >= 0.3 is 0 Å². The largest absolute Gasteiger partial charge is 0.383 e. The molecular formula is C15H22N2O3S. The minimum atomic E-state index is -0.966. The zero-order valence-corrected chi connectivity index (χ0v) is 13.4. The average molecular weight is 310 g/mol. The molecule has 1 aromatic carbocycles. The van der Waals surface area contributed by atoms with E-state index in [0.29, 0.717) is 18.5 Å². The summed E-state index contributed by atoms with van der Waals surface area (Å²) in [6.45, 7) is 0.339. The van der Waals surface area contributed by atoms with Gasteiger partial charge in [0.15, 0.2) is 0 Å². The summed E-state index contributed by atoms with van der Waals surface area (Å²) in [6.07, 6.45) is 1.41. The molecule has 21 heavy (non-hydrogen) atoms. The second kappa shape index (κ2) is 8.69. The maximum absolute atomic E-state index is 11.7. The molecular weight excluding hydrogens is 288 g/mol. The highest BCUT2D eigenvalue weighted by atomic mass is 32.2. The van der Waals surface area contributed by atoms with Crippen molar-refractivity contribution in [3.63, 3.8) is 0 Å². The van der Waals surface area contributed by atoms with Gasteiger partial charge < -0.3 is 15.3 Å². The number of amides is 2. The number of thioether (sulfide) groups is 1. The van der Waals surface area contributed by atoms with Crippen LogP contribution in [0.5, 0.6) is 0 Å². The summed E-state index contributed by atoms with van der Waals surface area (Å²) < 4.78 is 0. The molecule has 0 unspecified atom stereocenters. The molecule has 1 atom stereocenters. The zero-order valence-electron chi connectivity index (χ0n) is 12.6. The molecule has 0 aliphatic rings. The fourth-order valence-electron chi connectivity index (χ4n) is 1.69. The van der Waals surface area contributed by atoms with Crippen molar-refractivity contribution in [1.82, 2.24) is 10.2 Å². The maximum Gasteiger partial charge on any atom is 0.253 e. The Bertz CT molecular complexity index is 474. The number of rotatable bonds is 7. The first-order valence-corrected chi connectivity index (χ1v) is 8.10. The molecule has 0 aliphatic carbocycles. The summed E-state index contributed by atoms with van der Waals surface area (Å²) in [6, 6.07) is 7.05. The normalized spacial score (nSPS) is 11.8. The first-order valence-electron chi connectivity index (χ1n) is 6.71. The van der Waals surface area contributed by atoms with Gasteiger partial charge in [-0.05, 0) is 36.1 Å². The van der Waals surface area contributed by atoms with Crippen LogP contribution in [0.25, 0.3) is 0 Å². The lowest BCUT2D eigenvalue weighted by Crippen LogP contribution is -2.34. The predicted octanol–water partition coefficient (Wildman–Crippen LogP) is 1.12. The van der Waals surface area contributed by atoms with E-state index in [1.165, 1.54) is 4.90 Å². The van der Waals surface area contributed by atoms with Gasteiger partial charge in [-0.15, -0.1) is 0 Å². The smallest absolute Gasteiger partial charge is 0.253 e. The van der Waals surface area contributed by atoms with Crippen molar-refractivity contribution in [3.05, 3.63) is 35.4 Å². The van der Waals surface area contributed by atoms with E-state index in [1.807, 2.05) is 6.26 Å². The van der Waals surface area contributed by atoms with Gasteiger partial charge in [-0.2, -0.15) is 11.8 Å². The molecule has 2 N–H and O–H groups in total. The minimum Gasteiger partial charge on any atom is -0.383 e. The monoisotopic (exact) mass is 310 g/mol. The van der Waals surface area contributed by atoms with Crippen LogP contribution in [0.4, 0.5) is 0 Å². The Balaban J connectivity index is 2.49. The van der Waals surface area contributed by atoms with Crippen molar-refractivity contribution >= 4 is 23.6 Å². The third kappa shape index (κ3) is 5.77. The molecule has 5 nitrogen and oxygen atoms in total. The molecule has 6 heteroatoms. The van der Waals surface area contributed by atoms with Crippen LogP contribution in [-0.2, 0) is 11.3 Å². The van der Waals surface area contributed by atoms with Crippen molar-refractivity contribution in [1.29, 1.82) is 0 Å². The molecule has 116 valence electrons. The molecule has 0 saturated carbocycles. The van der Waals surface area contributed by atoms with Gasteiger partial charge in [0.2, 0.25) is 5.91 Å². The zero-order chi connectivity index (χ0) is 15.8. The number of carbonyl (C=O) groups is 2. The fourth-order valence-corrected chi connectivity index (χ4v) is 2.15. The van der Waals surface area contributed by atoms with E-state index in [9.17, 15) is 14.7 Å². The lowest BCUT2D eigenvalue weighted by Gasteiger charge is -2.12. The standard InChI is InChI=1S/C15H22N2O3S/c1-17(2)15(20)12-6-4-11(5-7-12)10-16-14(19)13(18)8-9-21-3/h4-7,13,18H,8-10H2,1-3H3,(H,16,19)/t13-/m0/s1. The Labute approximate surface area is 129 Å². The van der Waals surface area contributed by atoms with Gasteiger partial charge in [0.05, 0.1) is 0 Å². The third-order valence-corrected chi connectivity index (χ3v) is 3.62. The van der Waals surface area contributed by atoms with Gasteiger partial charge in [0, 0.05) is 26.2 Å². The van der Waals surface area contributed by atoms with E-state index < -0.39 is 6.10 Å². The van der Waals surface area contributed by atoms with Crippen LogP contribution in [0.1, 0.15) is 22.3 Å². The Morgan fingerprint density at radius 2 is 1.90 bits per heavy atom. The number of nitrogens with zero attached hydrogens (tertiary/aromatic N) is 1. The third-order valence-electron chi connectivity index (χ3n) is 2.97. The van der Waals surface area contributed by atoms with Crippen LogP contribution >= 0.6 is 11.8 Å². The van der Waals surface area contributed by atoms with Crippen molar-refractivity contribution in [2.24, 2.45) is 0 Å². The second-order valence-electron chi connectivity index (χ2n) is 4.91. The number of nitrogens with one attached hydrogen (secondary N) is 1. The van der Waals surface area contributed by atoms with E-state index >= 15 is 0 Å². The van der Waals surface area contributed by atoms with Crippen LogP contribution in [0, 0.1) is 0 Å². The van der Waals surface area contributed by atoms with Crippen LogP contribution < -0.4 is 5.32 Å². The number of aliphatic hydroxyl groups is 1. The van der Waals surface area contributed by atoms with E-state index in [0.717, 1.165) is 11.3 Å². The van der Waals surface area contributed by atoms with Gasteiger partial charge in [-0.3, -0.25) is 9.59 Å². The molecule has 1 aromatic rings. The maximum atomic E-state index is 11.7. The first kappa shape index (κ1) is 17.5. The summed E-state index contributed by atoms with van der Waals surface area (Å²) in [5.74, 6) is 0.325. The molecule has 1 rings (SSSR count). The molecule has 0 aliphatic heterocycles. The Kier molecular flexibility index (Phi) is 7.25. The number of aliphatic hydroxyl groups excluding tert-OH is 1. The molecule has 0 spiro atoms. The van der Waals surface area contributed by atoms with Crippen LogP contribution in [0.15, 0.2) is 24.3 Å². The highest BCUT2D eigenvalue weighted by Crippen LogP contribution is 2.07. The number of benzene rings is 1. The van der Waals surface area contributed by atoms with E-state index in [4.69, 9.17) is 0 Å². The van der Waals surface area contributed by atoms with Crippen molar-refractivity contribution in [3.8, 4) is 0 Å². The number of carbonyl (C=O) groups excluding carboxylic acids is 2. The minimum absolute atomic E-state index is 0.0573. The van der Waals surface area contributed by atoms with Gasteiger partial charge in [-0.25, -0.2) is 0 Å². The van der Waals surface area contributed by atoms with Gasteiger partial charge in [-0.1, -0.05) is 12.1 Å². The fraction of sp³-hybridized carbons (Fsp3) is 0.467. The molecule has 0 bridgehead atoms. The Morgan fingerprint density at radius 3 is 2.43 bits per heavy atom. The van der Waals surface area contributed by atoms with E-state index in [2.05, 4.69) is 5.32 Å². The topological polar surface area (TPSA) is 69.6 Å².